The van der Waals surface area contributed by atoms with E-state index >= 15 is 0 Å². The number of likely N-dealkylation sites (N-methyl/N-ethyl adjacent to an activating group) is 1. The lowest BCUT2D eigenvalue weighted by Gasteiger charge is -2.37. The van der Waals surface area contributed by atoms with Crippen molar-refractivity contribution >= 4 is 28.6 Å². The van der Waals surface area contributed by atoms with E-state index < -0.39 is 11.2 Å². The SMILES string of the molecule is CNC(=O)COc1cc2cc(N)cc(OCCO[C@@H]3C[C@H](C)CN(C(=O)OC(C)(C)C)C3)c2n(C)c1=O. The van der Waals surface area contributed by atoms with Crippen LogP contribution >= 0.6 is 0 Å². The lowest BCUT2D eigenvalue weighted by Crippen LogP contribution is -2.48. The molecule has 0 bridgehead atoms. The second kappa shape index (κ2) is 11.7. The number of nitrogen functional groups attached to an aromatic ring is 1. The Morgan fingerprint density at radius 3 is 2.51 bits per heavy atom. The third-order valence-corrected chi connectivity index (χ3v) is 5.87. The van der Waals surface area contributed by atoms with Crippen molar-refractivity contribution in [2.75, 3.05) is 45.7 Å². The van der Waals surface area contributed by atoms with Crippen LogP contribution in [0, 0.1) is 5.92 Å². The normalized spacial score (nSPS) is 17.9. The minimum Gasteiger partial charge on any atom is -0.489 e. The van der Waals surface area contributed by atoms with Gasteiger partial charge < -0.3 is 39.5 Å². The zero-order valence-corrected chi connectivity index (χ0v) is 22.5. The monoisotopic (exact) mass is 518 g/mol. The fourth-order valence-electron chi connectivity index (χ4n) is 4.28. The van der Waals surface area contributed by atoms with Gasteiger partial charge in [-0.3, -0.25) is 9.59 Å². The molecule has 204 valence electrons. The fraction of sp³-hybridized carbons (Fsp3) is 0.577. The zero-order valence-electron chi connectivity index (χ0n) is 22.5. The number of nitrogens with one attached hydrogen (secondary N) is 1. The Labute approximate surface area is 216 Å². The van der Waals surface area contributed by atoms with Gasteiger partial charge in [0, 0.05) is 37.8 Å². The number of pyridine rings is 1. The van der Waals surface area contributed by atoms with Gasteiger partial charge in [-0.25, -0.2) is 4.79 Å². The van der Waals surface area contributed by atoms with Gasteiger partial charge in [-0.1, -0.05) is 6.92 Å². The highest BCUT2D eigenvalue weighted by molar-refractivity contribution is 5.89. The van der Waals surface area contributed by atoms with E-state index in [1.165, 1.54) is 11.6 Å². The molecule has 2 atom stereocenters. The van der Waals surface area contributed by atoms with Crippen molar-refractivity contribution in [2.45, 2.75) is 45.8 Å². The Kier molecular flexibility index (Phi) is 8.90. The molecule has 11 heteroatoms. The summed E-state index contributed by atoms with van der Waals surface area (Å²) < 4.78 is 24.3. The van der Waals surface area contributed by atoms with Crippen molar-refractivity contribution in [1.29, 1.82) is 0 Å². The summed E-state index contributed by atoms with van der Waals surface area (Å²) in [6.07, 6.45) is 0.352. The molecular formula is C26H38N4O7. The number of fused-ring (bicyclic) bond motifs is 1. The minimum absolute atomic E-state index is 0.0412. The first-order chi connectivity index (χ1) is 17.4. The van der Waals surface area contributed by atoms with E-state index in [4.69, 9.17) is 24.7 Å². The largest absolute Gasteiger partial charge is 0.489 e. The number of rotatable bonds is 8. The molecule has 3 N–H and O–H groups in total. The summed E-state index contributed by atoms with van der Waals surface area (Å²) in [6, 6.07) is 4.91. The summed E-state index contributed by atoms with van der Waals surface area (Å²) in [5.41, 5.74) is 6.12. The van der Waals surface area contributed by atoms with Crippen molar-refractivity contribution in [2.24, 2.45) is 13.0 Å². The Balaban J connectivity index is 1.65. The number of carbonyl (C=O) groups excluding carboxylic acids is 2. The highest BCUT2D eigenvalue weighted by atomic mass is 16.6. The van der Waals surface area contributed by atoms with Crippen molar-refractivity contribution in [3.8, 4) is 11.5 Å². The van der Waals surface area contributed by atoms with Crippen LogP contribution in [0.25, 0.3) is 10.9 Å². The third kappa shape index (κ3) is 7.51. The van der Waals surface area contributed by atoms with E-state index in [-0.39, 0.29) is 49.6 Å². The predicted octanol–water partition coefficient (Wildman–Crippen LogP) is 2.29. The molecule has 2 heterocycles. The number of benzene rings is 1. The number of hydrogen-bond acceptors (Lipinski definition) is 8. The Bertz CT molecular complexity index is 1190. The second-order valence-electron chi connectivity index (χ2n) is 10.4. The molecule has 1 aromatic heterocycles. The van der Waals surface area contributed by atoms with E-state index in [9.17, 15) is 14.4 Å². The summed E-state index contributed by atoms with van der Waals surface area (Å²) >= 11 is 0. The van der Waals surface area contributed by atoms with Crippen LogP contribution in [0.5, 0.6) is 11.5 Å². The molecule has 0 radical (unpaired) electrons. The summed E-state index contributed by atoms with van der Waals surface area (Å²) in [5.74, 6) is 0.405. The van der Waals surface area contributed by atoms with Gasteiger partial charge in [0.1, 0.15) is 18.0 Å². The Morgan fingerprint density at radius 2 is 1.84 bits per heavy atom. The van der Waals surface area contributed by atoms with Crippen LogP contribution in [0.1, 0.15) is 34.1 Å². The van der Waals surface area contributed by atoms with E-state index in [1.54, 1.807) is 30.1 Å². The molecule has 0 spiro atoms. The number of aromatic nitrogens is 1. The first kappa shape index (κ1) is 28.1. The summed E-state index contributed by atoms with van der Waals surface area (Å²) in [7, 11) is 3.09. The average Bonchev–Trinajstić information content (AvgIpc) is 2.81. The number of likely N-dealkylation sites (tertiary alicyclic amines) is 1. The standard InChI is InChI=1S/C26H38N4O7/c1-16-9-19(14-30(13-16)25(33)37-26(2,3)4)34-7-8-35-20-12-18(27)10-17-11-21(36-15-22(31)28-5)24(32)29(6)23(17)20/h10-12,16,19H,7-9,13-15,27H2,1-6H3,(H,28,31)/t16-,19+/m0/s1. The lowest BCUT2D eigenvalue weighted by molar-refractivity contribution is -0.122. The van der Waals surface area contributed by atoms with Gasteiger partial charge in [-0.15, -0.1) is 0 Å². The first-order valence-electron chi connectivity index (χ1n) is 12.4. The summed E-state index contributed by atoms with van der Waals surface area (Å²) in [6.45, 7) is 8.93. The molecule has 0 aliphatic carbocycles. The van der Waals surface area contributed by atoms with E-state index in [2.05, 4.69) is 12.2 Å². The average molecular weight is 519 g/mol. The molecule has 1 aliphatic rings. The maximum Gasteiger partial charge on any atom is 0.410 e. The number of aryl methyl sites for hydroxylation is 1. The van der Waals surface area contributed by atoms with Crippen LogP contribution in [-0.4, -0.2) is 73.1 Å². The summed E-state index contributed by atoms with van der Waals surface area (Å²) in [4.78, 5) is 38.5. The van der Waals surface area contributed by atoms with Gasteiger partial charge in [0.05, 0.1) is 24.8 Å². The van der Waals surface area contributed by atoms with Crippen LogP contribution in [0.2, 0.25) is 0 Å². The molecule has 1 aromatic carbocycles. The molecule has 1 fully saturated rings. The number of amides is 2. The van der Waals surface area contributed by atoms with Gasteiger partial charge in [0.25, 0.3) is 11.5 Å². The zero-order chi connectivity index (χ0) is 27.3. The number of carbonyl (C=O) groups is 2. The topological polar surface area (TPSA) is 134 Å². The van der Waals surface area contributed by atoms with E-state index in [0.29, 0.717) is 35.4 Å². The molecule has 37 heavy (non-hydrogen) atoms. The highest BCUT2D eigenvalue weighted by Gasteiger charge is 2.31. The highest BCUT2D eigenvalue weighted by Crippen LogP contribution is 2.30. The molecular weight excluding hydrogens is 480 g/mol. The quantitative estimate of drug-likeness (QED) is 0.402. The fourth-order valence-corrected chi connectivity index (χ4v) is 4.28. The molecule has 11 nitrogen and oxygen atoms in total. The first-order valence-corrected chi connectivity index (χ1v) is 12.4. The van der Waals surface area contributed by atoms with Gasteiger partial charge in [-0.05, 0) is 45.2 Å². The number of hydrogen-bond donors (Lipinski definition) is 2. The van der Waals surface area contributed by atoms with Gasteiger partial charge >= 0.3 is 6.09 Å². The van der Waals surface area contributed by atoms with Crippen molar-refractivity contribution in [3.63, 3.8) is 0 Å². The molecule has 1 saturated heterocycles. The van der Waals surface area contributed by atoms with Crippen molar-refractivity contribution in [3.05, 3.63) is 28.6 Å². The number of nitrogens with zero attached hydrogens (tertiary/aromatic N) is 2. The van der Waals surface area contributed by atoms with Crippen LogP contribution in [0.15, 0.2) is 23.0 Å². The van der Waals surface area contributed by atoms with Crippen molar-refractivity contribution in [1.82, 2.24) is 14.8 Å². The van der Waals surface area contributed by atoms with Crippen molar-refractivity contribution < 1.29 is 28.5 Å². The molecule has 3 rings (SSSR count). The van der Waals surface area contributed by atoms with Gasteiger partial charge in [-0.2, -0.15) is 0 Å². The van der Waals surface area contributed by atoms with E-state index in [1.807, 2.05) is 20.8 Å². The van der Waals surface area contributed by atoms with Crippen LogP contribution in [0.4, 0.5) is 10.5 Å². The van der Waals surface area contributed by atoms with Crippen LogP contribution in [0.3, 0.4) is 0 Å². The predicted molar refractivity (Wildman–Crippen MR) is 140 cm³/mol. The number of anilines is 1. The number of ether oxygens (including phenoxy) is 4. The lowest BCUT2D eigenvalue weighted by atomic mass is 9.98. The molecule has 0 saturated carbocycles. The molecule has 2 amide bonds. The van der Waals surface area contributed by atoms with Gasteiger partial charge in [0.2, 0.25) is 0 Å². The third-order valence-electron chi connectivity index (χ3n) is 5.87. The van der Waals surface area contributed by atoms with E-state index in [0.717, 1.165) is 6.42 Å². The Hall–Kier alpha value is -3.47. The summed E-state index contributed by atoms with van der Waals surface area (Å²) in [5, 5.41) is 3.08. The van der Waals surface area contributed by atoms with Gasteiger partial charge in [0.15, 0.2) is 12.4 Å². The molecule has 2 aromatic rings. The van der Waals surface area contributed by atoms with Crippen LogP contribution in [-0.2, 0) is 21.3 Å². The smallest absolute Gasteiger partial charge is 0.410 e. The maximum absolute atomic E-state index is 12.8. The second-order valence-corrected chi connectivity index (χ2v) is 10.4. The number of piperidine rings is 1. The molecule has 0 unspecified atom stereocenters. The maximum atomic E-state index is 12.8. The van der Waals surface area contributed by atoms with Crippen LogP contribution < -0.4 is 26.1 Å². The molecule has 1 aliphatic heterocycles. The minimum atomic E-state index is -0.556. The number of nitrogens with two attached hydrogens (primary N) is 1. The Morgan fingerprint density at radius 1 is 1.11 bits per heavy atom.